The molecular weight excluding hydrogens is 316 g/mol. The molecule has 1 amide bonds. The molecule has 2 N–H and O–H groups in total. The Labute approximate surface area is 139 Å². The number of hydrogen-bond donors (Lipinski definition) is 2. The van der Waals surface area contributed by atoms with E-state index in [9.17, 15) is 4.79 Å². The van der Waals surface area contributed by atoms with Crippen molar-refractivity contribution in [1.29, 1.82) is 0 Å². The van der Waals surface area contributed by atoms with Gasteiger partial charge in [-0.25, -0.2) is 9.97 Å². The highest BCUT2D eigenvalue weighted by Gasteiger charge is 2.16. The molecule has 0 spiro atoms. The van der Waals surface area contributed by atoms with Gasteiger partial charge in [0.05, 0.1) is 6.10 Å². The summed E-state index contributed by atoms with van der Waals surface area (Å²) in [5, 5.41) is 6.42. The van der Waals surface area contributed by atoms with E-state index in [4.69, 9.17) is 16.3 Å². The Morgan fingerprint density at radius 1 is 1.39 bits per heavy atom. The first-order chi connectivity index (χ1) is 11.2. The summed E-state index contributed by atoms with van der Waals surface area (Å²) in [6.45, 7) is 1.44. The van der Waals surface area contributed by atoms with E-state index in [1.54, 1.807) is 36.5 Å². The van der Waals surface area contributed by atoms with Gasteiger partial charge in [-0.15, -0.1) is 0 Å². The van der Waals surface area contributed by atoms with Crippen molar-refractivity contribution in [1.82, 2.24) is 9.97 Å². The second kappa shape index (κ2) is 7.39. The maximum Gasteiger partial charge on any atom is 0.274 e. The lowest BCUT2D eigenvalue weighted by Crippen LogP contribution is -2.21. The third-order valence-corrected chi connectivity index (χ3v) is 3.72. The van der Waals surface area contributed by atoms with Crippen molar-refractivity contribution >= 4 is 29.1 Å². The molecule has 1 aromatic heterocycles. The molecule has 23 heavy (non-hydrogen) atoms. The fourth-order valence-electron chi connectivity index (χ4n) is 2.34. The molecule has 7 heteroatoms. The Balaban J connectivity index is 1.62. The number of benzene rings is 1. The van der Waals surface area contributed by atoms with Crippen molar-refractivity contribution in [3.05, 3.63) is 47.2 Å². The molecule has 1 fully saturated rings. The summed E-state index contributed by atoms with van der Waals surface area (Å²) >= 11 is 5.90. The average molecular weight is 333 g/mol. The van der Waals surface area contributed by atoms with Crippen LogP contribution < -0.4 is 10.6 Å². The topological polar surface area (TPSA) is 76.1 Å². The van der Waals surface area contributed by atoms with Gasteiger partial charge in [0.1, 0.15) is 5.69 Å². The van der Waals surface area contributed by atoms with Crippen molar-refractivity contribution in [3.63, 3.8) is 0 Å². The van der Waals surface area contributed by atoms with E-state index in [0.29, 0.717) is 23.2 Å². The summed E-state index contributed by atoms with van der Waals surface area (Å²) in [4.78, 5) is 20.6. The van der Waals surface area contributed by atoms with E-state index in [1.807, 2.05) is 0 Å². The number of hydrogen-bond acceptors (Lipinski definition) is 5. The third kappa shape index (κ3) is 4.40. The summed E-state index contributed by atoms with van der Waals surface area (Å²) in [5.74, 6) is 0.106. The van der Waals surface area contributed by atoms with Gasteiger partial charge in [0.15, 0.2) is 0 Å². The van der Waals surface area contributed by atoms with Gasteiger partial charge in [-0.1, -0.05) is 17.7 Å². The Morgan fingerprint density at radius 3 is 3.09 bits per heavy atom. The summed E-state index contributed by atoms with van der Waals surface area (Å²) in [7, 11) is 0. The second-order valence-electron chi connectivity index (χ2n) is 5.25. The van der Waals surface area contributed by atoms with Crippen LogP contribution in [-0.4, -0.2) is 35.1 Å². The molecule has 0 radical (unpaired) electrons. The Hall–Kier alpha value is -2.18. The van der Waals surface area contributed by atoms with Crippen LogP contribution in [0.5, 0.6) is 0 Å². The summed E-state index contributed by atoms with van der Waals surface area (Å²) in [6.07, 6.45) is 3.84. The first-order valence-corrected chi connectivity index (χ1v) is 7.84. The number of halogens is 1. The lowest BCUT2D eigenvalue weighted by molar-refractivity contribution is 0.102. The van der Waals surface area contributed by atoms with Crippen molar-refractivity contribution in [3.8, 4) is 0 Å². The number of amides is 1. The fraction of sp³-hybridized carbons (Fsp3) is 0.312. The molecule has 1 saturated heterocycles. The summed E-state index contributed by atoms with van der Waals surface area (Å²) in [6, 6.07) is 8.53. The number of anilines is 2. The largest absolute Gasteiger partial charge is 0.376 e. The number of rotatable bonds is 5. The van der Waals surface area contributed by atoms with Crippen LogP contribution in [0.25, 0.3) is 0 Å². The molecule has 2 heterocycles. The van der Waals surface area contributed by atoms with E-state index in [0.717, 1.165) is 19.4 Å². The third-order valence-electron chi connectivity index (χ3n) is 3.48. The monoisotopic (exact) mass is 332 g/mol. The Kier molecular flexibility index (Phi) is 5.05. The van der Waals surface area contributed by atoms with E-state index in [1.165, 1.54) is 0 Å². The SMILES string of the molecule is O=C(Nc1cccc(Cl)c1)c1ccnc(NCC2CCCO2)n1. The number of carbonyl (C=O) groups excluding carboxylic acids is 1. The summed E-state index contributed by atoms with van der Waals surface area (Å²) in [5.41, 5.74) is 0.907. The lowest BCUT2D eigenvalue weighted by atomic mass is 10.2. The van der Waals surface area contributed by atoms with Crippen molar-refractivity contribution in [2.75, 3.05) is 23.8 Å². The molecule has 6 nitrogen and oxygen atoms in total. The van der Waals surface area contributed by atoms with Gasteiger partial charge in [0, 0.05) is 30.1 Å². The highest BCUT2D eigenvalue weighted by molar-refractivity contribution is 6.30. The van der Waals surface area contributed by atoms with Gasteiger partial charge in [0.25, 0.3) is 5.91 Å². The van der Waals surface area contributed by atoms with Gasteiger partial charge in [-0.2, -0.15) is 0 Å². The minimum Gasteiger partial charge on any atom is -0.376 e. The normalized spacial score (nSPS) is 17.0. The summed E-state index contributed by atoms with van der Waals surface area (Å²) < 4.78 is 5.53. The van der Waals surface area contributed by atoms with Crippen molar-refractivity contribution in [2.45, 2.75) is 18.9 Å². The number of aromatic nitrogens is 2. The van der Waals surface area contributed by atoms with Gasteiger partial charge in [-0.05, 0) is 37.1 Å². The molecule has 1 aliphatic heterocycles. The number of ether oxygens (including phenoxy) is 1. The number of nitrogens with one attached hydrogen (secondary N) is 2. The highest BCUT2D eigenvalue weighted by atomic mass is 35.5. The molecule has 120 valence electrons. The van der Waals surface area contributed by atoms with Crippen LogP contribution in [0.15, 0.2) is 36.5 Å². The van der Waals surface area contributed by atoms with Crippen LogP contribution in [-0.2, 0) is 4.74 Å². The predicted molar refractivity (Wildman–Crippen MR) is 88.9 cm³/mol. The lowest BCUT2D eigenvalue weighted by Gasteiger charge is -2.11. The Bertz CT molecular complexity index is 689. The number of nitrogens with zero attached hydrogens (tertiary/aromatic N) is 2. The minimum absolute atomic E-state index is 0.183. The molecule has 0 aliphatic carbocycles. The number of carbonyl (C=O) groups is 1. The molecule has 1 unspecified atom stereocenters. The van der Waals surface area contributed by atoms with Crippen LogP contribution in [0.3, 0.4) is 0 Å². The van der Waals surface area contributed by atoms with E-state index >= 15 is 0 Å². The molecule has 0 saturated carbocycles. The zero-order chi connectivity index (χ0) is 16.1. The zero-order valence-electron chi connectivity index (χ0n) is 12.5. The van der Waals surface area contributed by atoms with Gasteiger partial charge in [0.2, 0.25) is 5.95 Å². The maximum absolute atomic E-state index is 12.2. The molecule has 3 rings (SSSR count). The van der Waals surface area contributed by atoms with E-state index < -0.39 is 0 Å². The van der Waals surface area contributed by atoms with Crippen molar-refractivity contribution < 1.29 is 9.53 Å². The van der Waals surface area contributed by atoms with Crippen LogP contribution >= 0.6 is 11.6 Å². The maximum atomic E-state index is 12.2. The fourth-order valence-corrected chi connectivity index (χ4v) is 2.53. The standard InChI is InChI=1S/C16H17ClN4O2/c17-11-3-1-4-12(9-11)20-15(22)14-6-7-18-16(21-14)19-10-13-5-2-8-23-13/h1,3-4,6-7,9,13H,2,5,8,10H2,(H,20,22)(H,18,19,21). The Morgan fingerprint density at radius 2 is 2.30 bits per heavy atom. The van der Waals surface area contributed by atoms with Gasteiger partial charge < -0.3 is 15.4 Å². The smallest absolute Gasteiger partial charge is 0.274 e. The minimum atomic E-state index is -0.310. The van der Waals surface area contributed by atoms with Crippen LogP contribution in [0.1, 0.15) is 23.3 Å². The predicted octanol–water partition coefficient (Wildman–Crippen LogP) is 2.97. The van der Waals surface area contributed by atoms with Crippen molar-refractivity contribution in [2.24, 2.45) is 0 Å². The van der Waals surface area contributed by atoms with Crippen LogP contribution in [0, 0.1) is 0 Å². The molecule has 2 aromatic rings. The average Bonchev–Trinajstić information content (AvgIpc) is 3.07. The van der Waals surface area contributed by atoms with Crippen LogP contribution in [0.2, 0.25) is 5.02 Å². The van der Waals surface area contributed by atoms with Crippen LogP contribution in [0.4, 0.5) is 11.6 Å². The first kappa shape index (κ1) is 15.7. The van der Waals surface area contributed by atoms with Gasteiger partial charge >= 0.3 is 0 Å². The quantitative estimate of drug-likeness (QED) is 0.880. The molecule has 1 aliphatic rings. The molecular formula is C16H17ClN4O2. The van der Waals surface area contributed by atoms with Gasteiger partial charge in [-0.3, -0.25) is 4.79 Å². The first-order valence-electron chi connectivity index (χ1n) is 7.46. The zero-order valence-corrected chi connectivity index (χ0v) is 13.2. The molecule has 1 aromatic carbocycles. The molecule has 1 atom stereocenters. The molecule has 0 bridgehead atoms. The second-order valence-corrected chi connectivity index (χ2v) is 5.68. The van der Waals surface area contributed by atoms with E-state index in [2.05, 4.69) is 20.6 Å². The highest BCUT2D eigenvalue weighted by Crippen LogP contribution is 2.16. The van der Waals surface area contributed by atoms with E-state index in [-0.39, 0.29) is 17.7 Å².